The Morgan fingerprint density at radius 2 is 2.00 bits per heavy atom. The summed E-state index contributed by atoms with van der Waals surface area (Å²) in [5.41, 5.74) is 1.59. The molecule has 2 aromatic rings. The van der Waals surface area contributed by atoms with Gasteiger partial charge in [-0.05, 0) is 30.7 Å². The van der Waals surface area contributed by atoms with Gasteiger partial charge in [0.2, 0.25) is 5.78 Å². The molecule has 4 heteroatoms. The first kappa shape index (κ1) is 13.4. The van der Waals surface area contributed by atoms with Crippen molar-refractivity contribution in [1.82, 2.24) is 0 Å². The third-order valence-corrected chi connectivity index (χ3v) is 3.37. The van der Waals surface area contributed by atoms with E-state index < -0.39 is 5.82 Å². The Morgan fingerprint density at radius 3 is 2.71 bits per heavy atom. The zero-order valence-electron chi connectivity index (χ0n) is 11.6. The summed E-state index contributed by atoms with van der Waals surface area (Å²) in [6.45, 7) is 1.81. The number of hydrogen-bond acceptors (Lipinski definition) is 3. The van der Waals surface area contributed by atoms with Gasteiger partial charge < -0.3 is 9.47 Å². The summed E-state index contributed by atoms with van der Waals surface area (Å²) >= 11 is 0. The Labute approximate surface area is 121 Å². The number of rotatable bonds is 2. The molecule has 1 heterocycles. The van der Waals surface area contributed by atoms with Crippen LogP contribution in [0.2, 0.25) is 0 Å². The van der Waals surface area contributed by atoms with Gasteiger partial charge in [-0.3, -0.25) is 4.79 Å². The van der Waals surface area contributed by atoms with Crippen molar-refractivity contribution in [3.8, 4) is 11.5 Å². The van der Waals surface area contributed by atoms with Gasteiger partial charge in [0, 0.05) is 11.6 Å². The minimum Gasteiger partial charge on any atom is -0.497 e. The van der Waals surface area contributed by atoms with Gasteiger partial charge in [-0.25, -0.2) is 4.39 Å². The van der Waals surface area contributed by atoms with Crippen LogP contribution < -0.4 is 9.47 Å². The van der Waals surface area contributed by atoms with Gasteiger partial charge >= 0.3 is 0 Å². The number of aryl methyl sites for hydroxylation is 1. The van der Waals surface area contributed by atoms with Gasteiger partial charge in [0.25, 0.3) is 0 Å². The van der Waals surface area contributed by atoms with Gasteiger partial charge in [0.1, 0.15) is 17.3 Å². The molecule has 0 saturated heterocycles. The number of ketones is 1. The molecule has 3 nitrogen and oxygen atoms in total. The van der Waals surface area contributed by atoms with Gasteiger partial charge in [0.05, 0.1) is 12.7 Å². The Morgan fingerprint density at radius 1 is 1.24 bits per heavy atom. The first-order valence-electron chi connectivity index (χ1n) is 6.47. The highest BCUT2D eigenvalue weighted by Crippen LogP contribution is 2.37. The maximum Gasteiger partial charge on any atom is 0.232 e. The number of halogens is 1. The molecule has 0 fully saturated rings. The third-order valence-electron chi connectivity index (χ3n) is 3.37. The lowest BCUT2D eigenvalue weighted by atomic mass is 10.0. The summed E-state index contributed by atoms with van der Waals surface area (Å²) in [7, 11) is 1.55. The summed E-state index contributed by atoms with van der Waals surface area (Å²) in [6, 6.07) is 9.66. The molecule has 0 amide bonds. The van der Waals surface area contributed by atoms with Crippen molar-refractivity contribution in [2.45, 2.75) is 6.92 Å². The van der Waals surface area contributed by atoms with Crippen LogP contribution in [0.15, 0.2) is 42.2 Å². The van der Waals surface area contributed by atoms with Crippen LogP contribution in [0.3, 0.4) is 0 Å². The zero-order valence-corrected chi connectivity index (χ0v) is 11.6. The molecule has 106 valence electrons. The van der Waals surface area contributed by atoms with Gasteiger partial charge in [-0.2, -0.15) is 0 Å². The van der Waals surface area contributed by atoms with E-state index in [0.717, 1.165) is 5.56 Å². The van der Waals surface area contributed by atoms with E-state index in [9.17, 15) is 9.18 Å². The number of carbonyl (C=O) groups is 1. The minimum atomic E-state index is -0.397. The summed E-state index contributed by atoms with van der Waals surface area (Å²) in [5.74, 6) is 0.539. The molecule has 0 bridgehead atoms. The van der Waals surface area contributed by atoms with Gasteiger partial charge in [-0.1, -0.05) is 18.2 Å². The van der Waals surface area contributed by atoms with Crippen molar-refractivity contribution in [3.05, 3.63) is 64.7 Å². The van der Waals surface area contributed by atoms with Crippen molar-refractivity contribution >= 4 is 11.9 Å². The number of Topliss-reactive ketones (excluding diaryl/α,β-unsaturated/α-hetero) is 1. The minimum absolute atomic E-state index is 0.117. The second-order valence-corrected chi connectivity index (χ2v) is 4.78. The second kappa shape index (κ2) is 5.05. The normalized spacial score (nSPS) is 15.0. The van der Waals surface area contributed by atoms with Crippen LogP contribution >= 0.6 is 0 Å². The average Bonchev–Trinajstić information content (AvgIpc) is 2.78. The molecular weight excluding hydrogens is 271 g/mol. The van der Waals surface area contributed by atoms with Crippen molar-refractivity contribution in [2.24, 2.45) is 0 Å². The SMILES string of the molecule is COc1cc(C)c2c(c1)O/C(=C\c1ccccc1F)C2=O. The van der Waals surface area contributed by atoms with E-state index >= 15 is 0 Å². The van der Waals surface area contributed by atoms with Crippen LogP contribution in [-0.2, 0) is 0 Å². The molecule has 0 radical (unpaired) electrons. The average molecular weight is 284 g/mol. The largest absolute Gasteiger partial charge is 0.497 e. The van der Waals surface area contributed by atoms with Crippen LogP contribution in [0.4, 0.5) is 4.39 Å². The molecule has 0 spiro atoms. The highest BCUT2D eigenvalue weighted by Gasteiger charge is 2.30. The van der Waals surface area contributed by atoms with Crippen molar-refractivity contribution in [3.63, 3.8) is 0 Å². The van der Waals surface area contributed by atoms with Crippen molar-refractivity contribution in [1.29, 1.82) is 0 Å². The van der Waals surface area contributed by atoms with E-state index in [0.29, 0.717) is 22.6 Å². The molecule has 0 unspecified atom stereocenters. The molecular formula is C17H13FO3. The molecule has 0 aromatic heterocycles. The zero-order chi connectivity index (χ0) is 15.0. The van der Waals surface area contributed by atoms with E-state index in [4.69, 9.17) is 9.47 Å². The first-order valence-corrected chi connectivity index (χ1v) is 6.47. The predicted molar refractivity (Wildman–Crippen MR) is 77.1 cm³/mol. The number of benzene rings is 2. The summed E-state index contributed by atoms with van der Waals surface area (Å²) in [6.07, 6.45) is 1.42. The fraction of sp³-hybridized carbons (Fsp3) is 0.118. The summed E-state index contributed by atoms with van der Waals surface area (Å²) < 4.78 is 24.4. The van der Waals surface area contributed by atoms with Crippen LogP contribution in [0.1, 0.15) is 21.5 Å². The maximum atomic E-state index is 13.7. The standard InChI is InChI=1S/C17H13FO3/c1-10-7-12(20-2)9-14-16(10)17(19)15(21-14)8-11-5-3-4-6-13(11)18/h3-9H,1-2H3/b15-8-. The summed E-state index contributed by atoms with van der Waals surface area (Å²) in [5, 5.41) is 0. The fourth-order valence-corrected chi connectivity index (χ4v) is 2.33. The quantitative estimate of drug-likeness (QED) is 0.788. The number of methoxy groups -OCH3 is 1. The third kappa shape index (κ3) is 2.29. The summed E-state index contributed by atoms with van der Waals surface area (Å²) in [4.78, 5) is 12.4. The molecule has 2 aromatic carbocycles. The molecule has 21 heavy (non-hydrogen) atoms. The number of ether oxygens (including phenoxy) is 2. The molecule has 0 aliphatic carbocycles. The number of allylic oxidation sites excluding steroid dienone is 1. The highest BCUT2D eigenvalue weighted by molar-refractivity contribution is 6.15. The molecule has 3 rings (SSSR count). The number of carbonyl (C=O) groups excluding carboxylic acids is 1. The van der Waals surface area contributed by atoms with Crippen LogP contribution in [0, 0.1) is 12.7 Å². The number of fused-ring (bicyclic) bond motifs is 1. The monoisotopic (exact) mass is 284 g/mol. The van der Waals surface area contributed by atoms with E-state index in [1.165, 1.54) is 12.1 Å². The van der Waals surface area contributed by atoms with Crippen LogP contribution in [0.5, 0.6) is 11.5 Å². The molecule has 0 N–H and O–H groups in total. The predicted octanol–water partition coefficient (Wildman–Crippen LogP) is 3.76. The highest BCUT2D eigenvalue weighted by atomic mass is 19.1. The lowest BCUT2D eigenvalue weighted by Crippen LogP contribution is -2.00. The number of hydrogen-bond donors (Lipinski definition) is 0. The topological polar surface area (TPSA) is 35.5 Å². The lowest BCUT2D eigenvalue weighted by molar-refractivity contribution is 0.101. The van der Waals surface area contributed by atoms with Crippen LogP contribution in [0.25, 0.3) is 6.08 Å². The molecule has 1 aliphatic heterocycles. The van der Waals surface area contributed by atoms with E-state index in [-0.39, 0.29) is 11.5 Å². The van der Waals surface area contributed by atoms with E-state index in [2.05, 4.69) is 0 Å². The smallest absolute Gasteiger partial charge is 0.232 e. The van der Waals surface area contributed by atoms with E-state index in [1.54, 1.807) is 37.4 Å². The van der Waals surface area contributed by atoms with Crippen molar-refractivity contribution < 1.29 is 18.7 Å². The molecule has 0 atom stereocenters. The first-order chi connectivity index (χ1) is 10.1. The lowest BCUT2D eigenvalue weighted by Gasteiger charge is -2.04. The van der Waals surface area contributed by atoms with Crippen LogP contribution in [-0.4, -0.2) is 12.9 Å². The fourth-order valence-electron chi connectivity index (χ4n) is 2.33. The Balaban J connectivity index is 2.05. The maximum absolute atomic E-state index is 13.7. The van der Waals surface area contributed by atoms with Gasteiger partial charge in [-0.15, -0.1) is 0 Å². The van der Waals surface area contributed by atoms with Crippen molar-refractivity contribution in [2.75, 3.05) is 7.11 Å². The molecule has 1 aliphatic rings. The Bertz CT molecular complexity index is 763. The Kier molecular flexibility index (Phi) is 3.22. The van der Waals surface area contributed by atoms with E-state index in [1.807, 2.05) is 6.92 Å². The Hall–Kier alpha value is -2.62. The molecule has 0 saturated carbocycles. The van der Waals surface area contributed by atoms with Gasteiger partial charge in [0.15, 0.2) is 5.76 Å². The second-order valence-electron chi connectivity index (χ2n) is 4.78.